The van der Waals surface area contributed by atoms with Crippen LogP contribution in [0.15, 0.2) is 78.9 Å². The first-order valence-corrected chi connectivity index (χ1v) is 19.9. The van der Waals surface area contributed by atoms with Gasteiger partial charge in [-0.1, -0.05) is 12.1 Å². The largest absolute Gasteiger partial charge is 0.497 e. The number of fused-ring (bicyclic) bond motifs is 2. The van der Waals surface area contributed by atoms with Crippen molar-refractivity contribution >= 4 is 28.7 Å². The molecule has 0 aromatic heterocycles. The summed E-state index contributed by atoms with van der Waals surface area (Å²) in [4.78, 5) is 4.77. The van der Waals surface area contributed by atoms with Crippen LogP contribution in [0.2, 0.25) is 0 Å². The molecule has 2 atom stereocenters. The van der Waals surface area contributed by atoms with Gasteiger partial charge in [0.1, 0.15) is 11.5 Å². The van der Waals surface area contributed by atoms with Crippen LogP contribution in [0.1, 0.15) is 45.5 Å². The highest BCUT2D eigenvalue weighted by Gasteiger charge is 2.35. The zero-order chi connectivity index (χ0) is 40.5. The summed E-state index contributed by atoms with van der Waals surface area (Å²) in [5.41, 5.74) is 8.34. The van der Waals surface area contributed by atoms with Crippen molar-refractivity contribution in [3.8, 4) is 51.7 Å². The topological polar surface area (TPSA) is 95.2 Å². The molecule has 4 aliphatic heterocycles. The molecule has 0 radical (unpaired) electrons. The Bertz CT molecular complexity index is 2320. The Morgan fingerprint density at radius 1 is 0.638 bits per heavy atom. The number of thiocarbonyl (C=S) groups is 1. The second kappa shape index (κ2) is 16.7. The van der Waals surface area contributed by atoms with Gasteiger partial charge in [-0.25, -0.2) is 0 Å². The maximum absolute atomic E-state index is 7.15. The fourth-order valence-corrected chi connectivity index (χ4v) is 8.65. The first-order valence-electron chi connectivity index (χ1n) is 19.5. The molecule has 6 bridgehead atoms. The lowest BCUT2D eigenvalue weighted by atomic mass is 9.86. The summed E-state index contributed by atoms with van der Waals surface area (Å²) in [7, 11) is 12.6. The van der Waals surface area contributed by atoms with E-state index in [1.165, 1.54) is 16.7 Å². The van der Waals surface area contributed by atoms with Crippen LogP contribution in [-0.2, 0) is 25.7 Å². The lowest BCUT2D eigenvalue weighted by molar-refractivity contribution is 0.220. The van der Waals surface area contributed by atoms with Crippen LogP contribution in [-0.4, -0.2) is 77.6 Å². The summed E-state index contributed by atoms with van der Waals surface area (Å²) in [6.45, 7) is 1.75. The molecule has 4 aliphatic rings. The van der Waals surface area contributed by atoms with Crippen LogP contribution in [0.5, 0.6) is 51.7 Å². The van der Waals surface area contributed by atoms with E-state index in [-0.39, 0.29) is 12.1 Å². The molecule has 2 N–H and O–H groups in total. The molecular formula is C46H50N4O7S. The standard InChI is InChI=1S/C46H50N4O7S/c1-49-18-16-28-22-38(52-4)41-25-34(28)36(49)20-27-8-12-33(13-9-27)56-40-24-30(35(26-39(40)53-5)48-46(58)47-31-10-14-32(51-3)15-11-31)21-37-43-29(17-19-50(37)2)23-42(54-6)44(55-7)45(43)57-41/h8-15,22-26,36-37H,16-21H2,1-7H3,(H2,47,48,58)/t36-,37-/m0/s1. The molecule has 0 fully saturated rings. The number of anilines is 2. The molecule has 9 rings (SSSR count). The SMILES string of the molecule is COc1ccc(NC(=S)Nc2cc(OC)c3cc2C[C@H]2c4c(cc(OC)c(OC)c4Oc4cc5c(cc4OC)CCN(C)[C@H]5Cc4ccc(cc4)O3)CCN2C)cc1. The molecular weight excluding hydrogens is 753 g/mol. The highest BCUT2D eigenvalue weighted by Crippen LogP contribution is 2.52. The van der Waals surface area contributed by atoms with Gasteiger partial charge in [0.15, 0.2) is 39.6 Å². The average Bonchev–Trinajstić information content (AvgIpc) is 3.23. The van der Waals surface area contributed by atoms with Gasteiger partial charge in [-0.15, -0.1) is 0 Å². The minimum atomic E-state index is -0.163. The number of benzene rings is 5. The van der Waals surface area contributed by atoms with Crippen molar-refractivity contribution in [2.75, 3.05) is 73.4 Å². The van der Waals surface area contributed by atoms with E-state index < -0.39 is 0 Å². The van der Waals surface area contributed by atoms with Gasteiger partial charge in [-0.2, -0.15) is 0 Å². The zero-order valence-corrected chi connectivity index (χ0v) is 34.9. The number of nitrogens with zero attached hydrogens (tertiary/aromatic N) is 2. The normalized spacial score (nSPS) is 17.4. The van der Waals surface area contributed by atoms with Gasteiger partial charge in [-0.05, 0) is 140 Å². The molecule has 302 valence electrons. The van der Waals surface area contributed by atoms with Crippen LogP contribution in [0.25, 0.3) is 0 Å². The van der Waals surface area contributed by atoms with Gasteiger partial charge < -0.3 is 43.8 Å². The monoisotopic (exact) mass is 802 g/mol. The van der Waals surface area contributed by atoms with Crippen LogP contribution in [0.4, 0.5) is 11.4 Å². The first kappa shape index (κ1) is 39.2. The van der Waals surface area contributed by atoms with E-state index in [0.29, 0.717) is 57.5 Å². The maximum Gasteiger partial charge on any atom is 0.204 e. The fraction of sp³-hybridized carbons (Fsp3) is 0.326. The summed E-state index contributed by atoms with van der Waals surface area (Å²) in [6, 6.07) is 26.3. The molecule has 0 spiro atoms. The first-order chi connectivity index (χ1) is 28.2. The molecule has 0 saturated carbocycles. The summed E-state index contributed by atoms with van der Waals surface area (Å²) in [5, 5.41) is 7.21. The highest BCUT2D eigenvalue weighted by molar-refractivity contribution is 7.80. The van der Waals surface area contributed by atoms with Crippen LogP contribution < -0.4 is 43.8 Å². The minimum absolute atomic E-state index is 0.121. The molecule has 0 unspecified atom stereocenters. The summed E-state index contributed by atoms with van der Waals surface area (Å²) in [6.07, 6.45) is 3.06. The number of nitrogens with one attached hydrogen (secondary N) is 2. The molecule has 58 heavy (non-hydrogen) atoms. The summed E-state index contributed by atoms with van der Waals surface area (Å²) < 4.78 is 43.3. The van der Waals surface area contributed by atoms with Gasteiger partial charge in [0.25, 0.3) is 0 Å². The minimum Gasteiger partial charge on any atom is -0.497 e. The maximum atomic E-state index is 7.15. The van der Waals surface area contributed by atoms with Crippen molar-refractivity contribution in [2.45, 2.75) is 37.8 Å². The number of rotatable bonds is 7. The van der Waals surface area contributed by atoms with Crippen molar-refractivity contribution < 1.29 is 33.2 Å². The smallest absolute Gasteiger partial charge is 0.204 e. The molecule has 0 saturated heterocycles. The average molecular weight is 803 g/mol. The Balaban J connectivity index is 1.30. The molecule has 4 heterocycles. The van der Waals surface area contributed by atoms with Crippen molar-refractivity contribution in [1.29, 1.82) is 0 Å². The van der Waals surface area contributed by atoms with Crippen LogP contribution in [0, 0.1) is 0 Å². The third-order valence-corrected chi connectivity index (χ3v) is 11.8. The van der Waals surface area contributed by atoms with Crippen LogP contribution in [0.3, 0.4) is 0 Å². The summed E-state index contributed by atoms with van der Waals surface area (Å²) in [5.74, 6) is 5.63. The quantitative estimate of drug-likeness (QED) is 0.154. The van der Waals surface area contributed by atoms with E-state index in [0.717, 1.165) is 66.2 Å². The molecule has 12 heteroatoms. The van der Waals surface area contributed by atoms with Gasteiger partial charge in [0.2, 0.25) is 5.75 Å². The van der Waals surface area contributed by atoms with E-state index in [1.807, 2.05) is 48.5 Å². The van der Waals surface area contributed by atoms with Gasteiger partial charge in [0, 0.05) is 48.2 Å². The molecule has 5 aromatic carbocycles. The Hall–Kier alpha value is -5.69. The Labute approximate surface area is 345 Å². The second-order valence-electron chi connectivity index (χ2n) is 14.9. The number of ether oxygens (including phenoxy) is 7. The molecule has 0 amide bonds. The second-order valence-corrected chi connectivity index (χ2v) is 15.3. The molecule has 0 aliphatic carbocycles. The third kappa shape index (κ3) is 7.67. The van der Waals surface area contributed by atoms with Gasteiger partial charge in [0.05, 0.1) is 35.5 Å². The summed E-state index contributed by atoms with van der Waals surface area (Å²) >= 11 is 5.89. The van der Waals surface area contributed by atoms with Gasteiger partial charge in [-0.3, -0.25) is 9.80 Å². The lowest BCUT2D eigenvalue weighted by Gasteiger charge is -2.37. The van der Waals surface area contributed by atoms with Crippen LogP contribution >= 0.6 is 12.2 Å². The van der Waals surface area contributed by atoms with E-state index >= 15 is 0 Å². The number of hydrogen-bond donors (Lipinski definition) is 2. The van der Waals surface area contributed by atoms with Crippen molar-refractivity contribution in [2.24, 2.45) is 0 Å². The van der Waals surface area contributed by atoms with Crippen molar-refractivity contribution in [3.05, 3.63) is 112 Å². The van der Waals surface area contributed by atoms with Gasteiger partial charge >= 0.3 is 0 Å². The Morgan fingerprint density at radius 3 is 1.98 bits per heavy atom. The van der Waals surface area contributed by atoms with E-state index in [4.69, 9.17) is 45.4 Å². The van der Waals surface area contributed by atoms with E-state index in [2.05, 4.69) is 64.9 Å². The lowest BCUT2D eigenvalue weighted by Crippen LogP contribution is -2.34. The number of methoxy groups -OCH3 is 5. The Morgan fingerprint density at radius 2 is 1.29 bits per heavy atom. The molecule has 5 aromatic rings. The van der Waals surface area contributed by atoms with Crippen molar-refractivity contribution in [1.82, 2.24) is 9.80 Å². The number of likely N-dealkylation sites (N-methyl/N-ethyl adjacent to an activating group) is 2. The third-order valence-electron chi connectivity index (χ3n) is 11.6. The molecule has 11 nitrogen and oxygen atoms in total. The Kier molecular flexibility index (Phi) is 11.2. The number of hydrogen-bond acceptors (Lipinski definition) is 10. The zero-order valence-electron chi connectivity index (χ0n) is 34.1. The highest BCUT2D eigenvalue weighted by atomic mass is 32.1. The fourth-order valence-electron chi connectivity index (χ4n) is 8.42. The van der Waals surface area contributed by atoms with E-state index in [1.54, 1.807) is 35.5 Å². The predicted molar refractivity (Wildman–Crippen MR) is 231 cm³/mol. The predicted octanol–water partition coefficient (Wildman–Crippen LogP) is 8.98. The van der Waals surface area contributed by atoms with Crippen molar-refractivity contribution in [3.63, 3.8) is 0 Å². The van der Waals surface area contributed by atoms with E-state index in [9.17, 15) is 0 Å².